The Labute approximate surface area is 111 Å². The van der Waals surface area contributed by atoms with Crippen molar-refractivity contribution in [3.8, 4) is 11.4 Å². The van der Waals surface area contributed by atoms with Crippen LogP contribution in [0.5, 0.6) is 5.75 Å². The average molecular weight is 240 g/mol. The van der Waals surface area contributed by atoms with E-state index in [1.807, 2.05) is 0 Å². The molecule has 0 aliphatic rings. The summed E-state index contributed by atoms with van der Waals surface area (Å²) in [6, 6.07) is -1.14. The lowest BCUT2D eigenvalue weighted by atomic mass is 10.2. The summed E-state index contributed by atoms with van der Waals surface area (Å²) in [7, 11) is -3.06. The van der Waals surface area contributed by atoms with Gasteiger partial charge in [-0.2, -0.15) is 0 Å². The fourth-order valence-electron chi connectivity index (χ4n) is 1.20. The van der Waals surface area contributed by atoms with Gasteiger partial charge in [0.1, 0.15) is 5.75 Å². The molecule has 0 radical (unpaired) electrons. The number of benzene rings is 1. The topological polar surface area (TPSA) is 51.5 Å². The van der Waals surface area contributed by atoms with Crippen molar-refractivity contribution in [3.05, 3.63) is 58.4 Å². The number of pyridine rings is 1. The molecule has 0 aliphatic heterocycles. The van der Waals surface area contributed by atoms with Gasteiger partial charge in [-0.05, 0) is 35.8 Å². The van der Waals surface area contributed by atoms with Gasteiger partial charge in [0.05, 0.1) is 18.9 Å². The van der Waals surface area contributed by atoms with Crippen molar-refractivity contribution >= 4 is 0 Å². The van der Waals surface area contributed by atoms with Crippen molar-refractivity contribution in [2.24, 2.45) is 0 Å². The van der Waals surface area contributed by atoms with E-state index in [4.69, 9.17) is 12.3 Å². The van der Waals surface area contributed by atoms with Gasteiger partial charge in [-0.1, -0.05) is 0 Å². The molecule has 4 heteroatoms. The van der Waals surface area contributed by atoms with Crippen molar-refractivity contribution in [2.45, 2.75) is 6.56 Å². The summed E-state index contributed by atoms with van der Waals surface area (Å²) in [6.07, 6.45) is 0.829. The molecule has 0 atom stereocenters. The maximum Gasteiger partial charge on any atom is 0.255 e. The van der Waals surface area contributed by atoms with Crippen LogP contribution in [0, 0.1) is 0 Å². The highest BCUT2D eigenvalue weighted by molar-refractivity contribution is 5.37. The molecule has 1 aromatic carbocycles. The van der Waals surface area contributed by atoms with Gasteiger partial charge >= 0.3 is 0 Å². The van der Waals surface area contributed by atoms with Crippen LogP contribution in [0.4, 0.5) is 0 Å². The zero-order valence-corrected chi connectivity index (χ0v) is 8.44. The lowest BCUT2D eigenvalue weighted by molar-refractivity contribution is 0.184. The van der Waals surface area contributed by atoms with Gasteiger partial charge in [-0.3, -0.25) is 9.36 Å². The van der Waals surface area contributed by atoms with Crippen LogP contribution in [0.1, 0.15) is 17.9 Å². The molecule has 0 unspecified atom stereocenters. The molecule has 4 nitrogen and oxygen atoms in total. The van der Waals surface area contributed by atoms with Crippen LogP contribution in [-0.4, -0.2) is 16.7 Å². The minimum atomic E-state index is -3.06. The number of phenolic OH excluding ortho intramolecular Hbond substituents is 1. The number of rotatable bonds is 3. The van der Waals surface area contributed by atoms with E-state index in [2.05, 4.69) is 4.74 Å². The van der Waals surface area contributed by atoms with Crippen molar-refractivity contribution in [2.75, 3.05) is 7.04 Å². The lowest BCUT2D eigenvalue weighted by Gasteiger charge is -2.07. The predicted molar refractivity (Wildman–Crippen MR) is 64.4 cm³/mol. The maximum atomic E-state index is 12.1. The second-order valence-corrected chi connectivity index (χ2v) is 3.03. The smallest absolute Gasteiger partial charge is 0.255 e. The number of phenols is 1. The average Bonchev–Trinajstić information content (AvgIpc) is 2.50. The molecular weight excluding hydrogens is 218 g/mol. The summed E-state index contributed by atoms with van der Waals surface area (Å²) in [4.78, 5) is 12.1. The molecule has 17 heavy (non-hydrogen) atoms. The first kappa shape index (κ1) is 4.66. The molecule has 1 aromatic heterocycles. The second-order valence-electron chi connectivity index (χ2n) is 3.03. The second kappa shape index (κ2) is 4.84. The van der Waals surface area contributed by atoms with Crippen LogP contribution in [0.3, 0.4) is 0 Å². The Morgan fingerprint density at radius 1 is 1.47 bits per heavy atom. The minimum Gasteiger partial charge on any atom is -0.508 e. The molecule has 1 heterocycles. The highest BCUT2D eigenvalue weighted by Crippen LogP contribution is 2.12. The molecular formula is C13H13NO3. The van der Waals surface area contributed by atoms with Crippen molar-refractivity contribution in [1.82, 2.24) is 4.57 Å². The first-order valence-corrected chi connectivity index (χ1v) is 4.49. The van der Waals surface area contributed by atoms with Crippen molar-refractivity contribution in [1.29, 1.82) is 0 Å². The predicted octanol–water partition coefficient (Wildman–Crippen LogP) is 1.69. The number of nitrogens with zero attached hydrogens (tertiary/aromatic N) is 1. The first-order valence-electron chi connectivity index (χ1n) is 8.99. The minimum absolute atomic E-state index is 0.391. The number of hydrogen-bond acceptors (Lipinski definition) is 3. The van der Waals surface area contributed by atoms with Crippen LogP contribution in [0.25, 0.3) is 5.69 Å². The van der Waals surface area contributed by atoms with Crippen LogP contribution < -0.4 is 5.56 Å². The number of methoxy groups -OCH3 is 1. The Bertz CT molecular complexity index is 891. The monoisotopic (exact) mass is 240 g/mol. The van der Waals surface area contributed by atoms with Gasteiger partial charge in [0.15, 0.2) is 0 Å². The number of aromatic hydroxyl groups is 1. The largest absolute Gasteiger partial charge is 0.508 e. The Morgan fingerprint density at radius 2 is 2.24 bits per heavy atom. The molecule has 88 valence electrons. The normalized spacial score (nSPS) is 19.6. The Kier molecular flexibility index (Phi) is 1.33. The molecule has 0 bridgehead atoms. The van der Waals surface area contributed by atoms with E-state index in [1.165, 1.54) is 0 Å². The summed E-state index contributed by atoms with van der Waals surface area (Å²) in [5.74, 6) is -0.894. The van der Waals surface area contributed by atoms with Crippen molar-refractivity contribution < 1.29 is 22.2 Å². The van der Waals surface area contributed by atoms with Gasteiger partial charge in [0.25, 0.3) is 5.56 Å². The fourth-order valence-corrected chi connectivity index (χ4v) is 1.20. The van der Waals surface area contributed by atoms with Crippen molar-refractivity contribution in [3.63, 3.8) is 0 Å². The van der Waals surface area contributed by atoms with Gasteiger partial charge in [0.2, 0.25) is 0 Å². The highest BCUT2D eigenvalue weighted by atomic mass is 16.5. The summed E-state index contributed by atoms with van der Waals surface area (Å²) in [5, 5.41) is 9.58. The quantitative estimate of drug-likeness (QED) is 0.888. The Hall–Kier alpha value is -2.07. The zero-order valence-electron chi connectivity index (χ0n) is 17.4. The third-order valence-electron chi connectivity index (χ3n) is 1.92. The molecule has 2 rings (SSSR count). The van der Waals surface area contributed by atoms with E-state index < -0.39 is 60.3 Å². The van der Waals surface area contributed by atoms with E-state index in [-0.39, 0.29) is 0 Å². The molecule has 0 saturated carbocycles. The van der Waals surface area contributed by atoms with Gasteiger partial charge in [-0.15, -0.1) is 0 Å². The molecule has 0 saturated heterocycles. The van der Waals surface area contributed by atoms with E-state index >= 15 is 0 Å². The molecule has 0 amide bonds. The van der Waals surface area contributed by atoms with E-state index in [0.29, 0.717) is 4.57 Å². The SMILES string of the molecule is [2H]c1c([2H])c(-n2cc(C([2H])([2H])OC([2H])([2H])[2H])ccc2=O)c([2H])c([2H])c1O. The van der Waals surface area contributed by atoms with Crippen LogP contribution in [0.2, 0.25) is 0 Å². The third kappa shape index (κ3) is 2.54. The lowest BCUT2D eigenvalue weighted by Crippen LogP contribution is -2.17. The van der Waals surface area contributed by atoms with Crippen LogP contribution >= 0.6 is 0 Å². The number of ether oxygens (including phenoxy) is 1. The van der Waals surface area contributed by atoms with Gasteiger partial charge in [-0.25, -0.2) is 0 Å². The maximum absolute atomic E-state index is 12.1. The Morgan fingerprint density at radius 3 is 2.94 bits per heavy atom. The van der Waals surface area contributed by atoms with Crippen LogP contribution in [-0.2, 0) is 11.3 Å². The summed E-state index contributed by atoms with van der Waals surface area (Å²) < 4.78 is 72.4. The van der Waals surface area contributed by atoms with Gasteiger partial charge in [0, 0.05) is 25.0 Å². The van der Waals surface area contributed by atoms with Crippen LogP contribution in [0.15, 0.2) is 47.3 Å². The third-order valence-corrected chi connectivity index (χ3v) is 1.92. The Balaban J connectivity index is 2.73. The van der Waals surface area contributed by atoms with Gasteiger partial charge < -0.3 is 9.84 Å². The summed E-state index contributed by atoms with van der Waals surface area (Å²) in [6.45, 7) is -2.82. The summed E-state index contributed by atoms with van der Waals surface area (Å²) in [5.41, 5.74) is -1.72. The van der Waals surface area contributed by atoms with E-state index in [1.54, 1.807) is 0 Å². The fraction of sp³-hybridized carbons (Fsp3) is 0.154. The highest BCUT2D eigenvalue weighted by Gasteiger charge is 2.01. The molecule has 0 fully saturated rings. The van der Waals surface area contributed by atoms with E-state index in [9.17, 15) is 9.90 Å². The standard InChI is InChI=1S/C13H13NO3/c1-17-9-10-2-7-13(16)14(8-10)11-3-5-12(15)6-4-11/h2-8,15H,9H2,1H3/i1D3,3D,4D,5D,6D,9D2. The zero-order chi connectivity index (χ0) is 20.0. The first-order chi connectivity index (χ1) is 11.8. The van der Waals surface area contributed by atoms with E-state index in [0.717, 1.165) is 18.3 Å². The molecule has 0 aliphatic carbocycles. The number of aromatic nitrogens is 1. The molecule has 0 spiro atoms. The molecule has 2 aromatic rings. The molecule has 1 N–H and O–H groups in total. The number of hydrogen-bond donors (Lipinski definition) is 1. The summed E-state index contributed by atoms with van der Waals surface area (Å²) >= 11 is 0.